The molecular weight excluding hydrogens is 270 g/mol. The van der Waals surface area contributed by atoms with Crippen molar-refractivity contribution in [3.63, 3.8) is 0 Å². The molecule has 0 saturated carbocycles. The summed E-state index contributed by atoms with van der Waals surface area (Å²) in [6, 6.07) is 7.01. The molecule has 3 rings (SSSR count). The van der Waals surface area contributed by atoms with Crippen LogP contribution in [0.2, 0.25) is 0 Å². The van der Waals surface area contributed by atoms with Crippen molar-refractivity contribution < 1.29 is 8.42 Å². The van der Waals surface area contributed by atoms with E-state index in [4.69, 9.17) is 0 Å². The van der Waals surface area contributed by atoms with Gasteiger partial charge in [0.1, 0.15) is 0 Å². The zero-order valence-corrected chi connectivity index (χ0v) is 12.7. The van der Waals surface area contributed by atoms with Crippen LogP contribution in [0.5, 0.6) is 0 Å². The summed E-state index contributed by atoms with van der Waals surface area (Å²) in [7, 11) is -3.43. The zero-order valence-electron chi connectivity index (χ0n) is 11.8. The van der Waals surface area contributed by atoms with E-state index in [2.05, 4.69) is 13.5 Å². The SMILES string of the molecule is C=C1C=CC2CC1(C)CN2S(=O)(=O)c1ccc(C)cc1. The molecule has 1 aromatic carbocycles. The number of allylic oxidation sites excluding steroid dienone is 1. The van der Waals surface area contributed by atoms with Crippen molar-refractivity contribution in [1.29, 1.82) is 0 Å². The van der Waals surface area contributed by atoms with Gasteiger partial charge in [-0.2, -0.15) is 4.31 Å². The number of nitrogens with zero attached hydrogens (tertiary/aromatic N) is 1. The highest BCUT2D eigenvalue weighted by Gasteiger charge is 2.48. The maximum absolute atomic E-state index is 12.8. The van der Waals surface area contributed by atoms with Gasteiger partial charge in [-0.05, 0) is 31.1 Å². The molecule has 0 N–H and O–H groups in total. The minimum Gasteiger partial charge on any atom is -0.207 e. The third-order valence-corrected chi connectivity index (χ3v) is 6.34. The number of hydrogen-bond donors (Lipinski definition) is 0. The second-order valence-corrected chi connectivity index (χ2v) is 7.97. The lowest BCUT2D eigenvalue weighted by molar-refractivity contribution is 0.403. The first-order valence-electron chi connectivity index (χ1n) is 6.79. The Morgan fingerprint density at radius 3 is 2.55 bits per heavy atom. The summed E-state index contributed by atoms with van der Waals surface area (Å²) in [5.41, 5.74) is 1.96. The fourth-order valence-electron chi connectivity index (χ4n) is 3.02. The largest absolute Gasteiger partial charge is 0.243 e. The van der Waals surface area contributed by atoms with Crippen LogP contribution in [-0.2, 0) is 10.0 Å². The number of fused-ring (bicyclic) bond motifs is 2. The highest BCUT2D eigenvalue weighted by molar-refractivity contribution is 7.89. The van der Waals surface area contributed by atoms with Gasteiger partial charge in [-0.15, -0.1) is 0 Å². The van der Waals surface area contributed by atoms with E-state index < -0.39 is 10.0 Å². The quantitative estimate of drug-likeness (QED) is 0.839. The van der Waals surface area contributed by atoms with Crippen LogP contribution in [-0.4, -0.2) is 25.3 Å². The van der Waals surface area contributed by atoms with Crippen LogP contribution in [0.25, 0.3) is 0 Å². The second kappa shape index (κ2) is 4.30. The lowest BCUT2D eigenvalue weighted by Crippen LogP contribution is -2.34. The van der Waals surface area contributed by atoms with Gasteiger partial charge in [0.05, 0.1) is 4.90 Å². The van der Waals surface area contributed by atoms with Gasteiger partial charge in [-0.3, -0.25) is 0 Å². The van der Waals surface area contributed by atoms with Crippen LogP contribution in [0.4, 0.5) is 0 Å². The third-order valence-electron chi connectivity index (χ3n) is 4.46. The Kier molecular flexibility index (Phi) is 2.92. The fraction of sp³-hybridized carbons (Fsp3) is 0.375. The molecule has 3 nitrogen and oxygen atoms in total. The molecule has 0 spiro atoms. The first-order valence-corrected chi connectivity index (χ1v) is 8.23. The van der Waals surface area contributed by atoms with Gasteiger partial charge in [0, 0.05) is 18.0 Å². The molecule has 2 bridgehead atoms. The molecule has 106 valence electrons. The van der Waals surface area contributed by atoms with Crippen molar-refractivity contribution in [1.82, 2.24) is 4.31 Å². The maximum atomic E-state index is 12.8. The average molecular weight is 289 g/mol. The van der Waals surface area contributed by atoms with Crippen LogP contribution < -0.4 is 0 Å². The zero-order chi connectivity index (χ0) is 14.5. The predicted octanol–water partition coefficient (Wildman–Crippen LogP) is 2.89. The summed E-state index contributed by atoms with van der Waals surface area (Å²) in [5, 5.41) is 0. The van der Waals surface area contributed by atoms with E-state index in [0.29, 0.717) is 11.4 Å². The Balaban J connectivity index is 2.00. The molecule has 0 amide bonds. The smallest absolute Gasteiger partial charge is 0.207 e. The molecule has 20 heavy (non-hydrogen) atoms. The molecule has 4 heteroatoms. The standard InChI is InChI=1S/C16H19NO2S/c1-12-4-8-15(9-5-12)20(18,19)17-11-16(3)10-14(17)7-6-13(16)2/h4-9,14H,2,10-11H2,1,3H3. The Morgan fingerprint density at radius 2 is 1.95 bits per heavy atom. The summed E-state index contributed by atoms with van der Waals surface area (Å²) >= 11 is 0. The van der Waals surface area contributed by atoms with Gasteiger partial charge in [0.25, 0.3) is 0 Å². The van der Waals surface area contributed by atoms with Crippen LogP contribution in [0.3, 0.4) is 0 Å². The number of aryl methyl sites for hydroxylation is 1. The van der Waals surface area contributed by atoms with Crippen LogP contribution in [0.15, 0.2) is 53.5 Å². The van der Waals surface area contributed by atoms with Gasteiger partial charge < -0.3 is 0 Å². The van der Waals surface area contributed by atoms with Crippen molar-refractivity contribution in [3.8, 4) is 0 Å². The minimum absolute atomic E-state index is 0.0446. The molecular formula is C16H19NO2S. The van der Waals surface area contributed by atoms with E-state index in [-0.39, 0.29) is 11.5 Å². The number of benzene rings is 1. The minimum atomic E-state index is -3.43. The summed E-state index contributed by atoms with van der Waals surface area (Å²) in [4.78, 5) is 0.373. The van der Waals surface area contributed by atoms with Crippen LogP contribution in [0, 0.1) is 12.3 Å². The number of sulfonamides is 1. The second-order valence-electron chi connectivity index (χ2n) is 6.08. The topological polar surface area (TPSA) is 37.4 Å². The van der Waals surface area contributed by atoms with Crippen molar-refractivity contribution in [2.24, 2.45) is 5.41 Å². The lowest BCUT2D eigenvalue weighted by atomic mass is 9.78. The van der Waals surface area contributed by atoms with E-state index in [1.807, 2.05) is 31.2 Å². The van der Waals surface area contributed by atoms with Gasteiger partial charge >= 0.3 is 0 Å². The molecule has 1 aliphatic heterocycles. The van der Waals surface area contributed by atoms with E-state index in [0.717, 1.165) is 17.6 Å². The number of hydrogen-bond acceptors (Lipinski definition) is 2. The molecule has 0 aromatic heterocycles. The lowest BCUT2D eigenvalue weighted by Gasteiger charge is -2.25. The molecule has 2 atom stereocenters. The van der Waals surface area contributed by atoms with E-state index >= 15 is 0 Å². The number of rotatable bonds is 2. The monoisotopic (exact) mass is 289 g/mol. The molecule has 0 radical (unpaired) electrons. The average Bonchev–Trinajstić information content (AvgIpc) is 2.70. The summed E-state index contributed by atoms with van der Waals surface area (Å²) < 4.78 is 27.2. The van der Waals surface area contributed by atoms with Gasteiger partial charge in [-0.1, -0.05) is 43.4 Å². The van der Waals surface area contributed by atoms with Crippen molar-refractivity contribution >= 4 is 10.0 Å². The molecule has 2 unspecified atom stereocenters. The molecule has 2 aliphatic rings. The Labute approximate surface area is 120 Å². The van der Waals surface area contributed by atoms with E-state index in [1.165, 1.54) is 0 Å². The Bertz CT molecular complexity index is 688. The first-order chi connectivity index (χ1) is 9.33. The Morgan fingerprint density at radius 1 is 1.30 bits per heavy atom. The highest BCUT2D eigenvalue weighted by atomic mass is 32.2. The third kappa shape index (κ3) is 1.95. The Hall–Kier alpha value is -1.39. The summed E-state index contributed by atoms with van der Waals surface area (Å²) in [6.45, 7) is 8.62. The molecule has 1 heterocycles. The van der Waals surface area contributed by atoms with E-state index in [1.54, 1.807) is 16.4 Å². The summed E-state index contributed by atoms with van der Waals surface area (Å²) in [5.74, 6) is 0. The maximum Gasteiger partial charge on any atom is 0.243 e. The van der Waals surface area contributed by atoms with Crippen molar-refractivity contribution in [2.75, 3.05) is 6.54 Å². The van der Waals surface area contributed by atoms with Crippen LogP contribution in [0.1, 0.15) is 18.9 Å². The molecule has 1 aliphatic carbocycles. The van der Waals surface area contributed by atoms with Gasteiger partial charge in [-0.25, -0.2) is 8.42 Å². The molecule has 1 aromatic rings. The van der Waals surface area contributed by atoms with Gasteiger partial charge in [0.15, 0.2) is 0 Å². The first kappa shape index (κ1) is 13.6. The predicted molar refractivity (Wildman–Crippen MR) is 79.9 cm³/mol. The van der Waals surface area contributed by atoms with Crippen molar-refractivity contribution in [2.45, 2.75) is 31.2 Å². The summed E-state index contributed by atoms with van der Waals surface area (Å²) in [6.07, 6.45) is 4.76. The van der Waals surface area contributed by atoms with E-state index in [9.17, 15) is 8.42 Å². The molecule has 1 fully saturated rings. The van der Waals surface area contributed by atoms with Crippen LogP contribution >= 0.6 is 0 Å². The van der Waals surface area contributed by atoms with Crippen molar-refractivity contribution in [3.05, 3.63) is 54.1 Å². The van der Waals surface area contributed by atoms with Gasteiger partial charge in [0.2, 0.25) is 10.0 Å². The normalized spacial score (nSPS) is 29.9. The fourth-order valence-corrected chi connectivity index (χ4v) is 4.73. The molecule has 1 saturated heterocycles. The highest BCUT2D eigenvalue weighted by Crippen LogP contribution is 2.46.